The first-order valence-corrected chi connectivity index (χ1v) is 10.9. The third kappa shape index (κ3) is 4.38. The molecule has 2 heterocycles. The molecule has 186 valence electrons. The molecule has 3 aromatic rings. The Balaban J connectivity index is 1.82. The van der Waals surface area contributed by atoms with Gasteiger partial charge in [0.05, 0.1) is 23.7 Å². The lowest BCUT2D eigenvalue weighted by Gasteiger charge is -2.38. The van der Waals surface area contributed by atoms with E-state index in [1.165, 1.54) is 18.9 Å². The number of rotatable bonds is 5. The van der Waals surface area contributed by atoms with Gasteiger partial charge in [-0.1, -0.05) is 6.07 Å². The number of pyridine rings is 1. The minimum absolute atomic E-state index is 0.0468. The number of aryl methyl sites for hydroxylation is 1. The number of nitrogens with zero attached hydrogens (tertiary/aromatic N) is 3. The summed E-state index contributed by atoms with van der Waals surface area (Å²) >= 11 is 0. The molecule has 1 fully saturated rings. The Labute approximate surface area is 197 Å². The van der Waals surface area contributed by atoms with Gasteiger partial charge in [-0.3, -0.25) is 4.79 Å². The number of methoxy groups -OCH3 is 1. The molecule has 35 heavy (non-hydrogen) atoms. The van der Waals surface area contributed by atoms with Gasteiger partial charge < -0.3 is 24.2 Å². The fourth-order valence-electron chi connectivity index (χ4n) is 4.50. The summed E-state index contributed by atoms with van der Waals surface area (Å²) in [4.78, 5) is 27.4. The number of halogens is 4. The number of carbonyl (C=O) groups is 1. The van der Waals surface area contributed by atoms with E-state index in [1.54, 1.807) is 12.1 Å². The number of fused-ring (bicyclic) bond motifs is 1. The van der Waals surface area contributed by atoms with Gasteiger partial charge in [0.25, 0.3) is 0 Å². The summed E-state index contributed by atoms with van der Waals surface area (Å²) in [7, 11) is 1.54. The fraction of sp³-hybridized carbons (Fsp3) is 0.333. The van der Waals surface area contributed by atoms with Gasteiger partial charge in [-0.15, -0.1) is 0 Å². The number of benzene rings is 2. The van der Waals surface area contributed by atoms with Crippen LogP contribution in [0.1, 0.15) is 22.8 Å². The van der Waals surface area contributed by atoms with Crippen molar-refractivity contribution >= 4 is 28.2 Å². The molecular formula is C24H23F4N3O4. The van der Waals surface area contributed by atoms with E-state index < -0.39 is 51.1 Å². The Morgan fingerprint density at radius 1 is 1.11 bits per heavy atom. The highest BCUT2D eigenvalue weighted by Gasteiger charge is 2.41. The van der Waals surface area contributed by atoms with Gasteiger partial charge in [-0.2, -0.15) is 13.2 Å². The standard InChI is InChI=1S/C24H23F4N3O4/c1-3-29-13-17(23(33)34)22(32)16-12-18(25)21(19(20(16)29)24(26,27)28)31-9-7-30(8-10-31)14-5-4-6-15(11-14)35-2/h4-6,11-13H,3,7-10H2,1-2H3,(H,33,34). The summed E-state index contributed by atoms with van der Waals surface area (Å²) in [5.74, 6) is -2.17. The molecule has 7 nitrogen and oxygen atoms in total. The molecule has 1 saturated heterocycles. The number of aromatic carboxylic acids is 1. The molecule has 0 atom stereocenters. The quantitative estimate of drug-likeness (QED) is 0.537. The number of piperazine rings is 1. The van der Waals surface area contributed by atoms with Crippen molar-refractivity contribution in [3.63, 3.8) is 0 Å². The van der Waals surface area contributed by atoms with Gasteiger partial charge in [0, 0.05) is 50.7 Å². The van der Waals surface area contributed by atoms with Crippen molar-refractivity contribution in [2.75, 3.05) is 43.1 Å². The summed E-state index contributed by atoms with van der Waals surface area (Å²) in [6, 6.07) is 7.97. The van der Waals surface area contributed by atoms with Crippen LogP contribution in [-0.2, 0) is 12.7 Å². The zero-order chi connectivity index (χ0) is 25.5. The summed E-state index contributed by atoms with van der Waals surface area (Å²) in [6.07, 6.45) is -4.11. The van der Waals surface area contributed by atoms with E-state index >= 15 is 4.39 Å². The lowest BCUT2D eigenvalue weighted by molar-refractivity contribution is -0.136. The Bertz CT molecular complexity index is 1350. The maximum Gasteiger partial charge on any atom is 0.420 e. The third-order valence-electron chi connectivity index (χ3n) is 6.16. The molecule has 4 rings (SSSR count). The van der Waals surface area contributed by atoms with Crippen LogP contribution in [0.5, 0.6) is 5.75 Å². The van der Waals surface area contributed by atoms with Gasteiger partial charge in [0.15, 0.2) is 0 Å². The SMILES string of the molecule is CCn1cc(C(=O)O)c(=O)c2cc(F)c(N3CCN(c4cccc(OC)c4)CC3)c(C(F)(F)F)c21. The van der Waals surface area contributed by atoms with Crippen LogP contribution in [0, 0.1) is 5.82 Å². The van der Waals surface area contributed by atoms with Gasteiger partial charge in [0.1, 0.15) is 22.7 Å². The fourth-order valence-corrected chi connectivity index (χ4v) is 4.50. The van der Waals surface area contributed by atoms with Crippen LogP contribution in [0.15, 0.2) is 41.3 Å². The maximum absolute atomic E-state index is 15.3. The number of carboxylic acids is 1. The number of anilines is 2. The first-order valence-electron chi connectivity index (χ1n) is 10.9. The Morgan fingerprint density at radius 2 is 1.77 bits per heavy atom. The molecule has 0 amide bonds. The van der Waals surface area contributed by atoms with Crippen molar-refractivity contribution in [2.24, 2.45) is 0 Å². The molecule has 1 N–H and O–H groups in total. The third-order valence-corrected chi connectivity index (χ3v) is 6.16. The minimum Gasteiger partial charge on any atom is -0.497 e. The number of hydrogen-bond donors (Lipinski definition) is 1. The molecule has 0 spiro atoms. The molecule has 0 radical (unpaired) electrons. The van der Waals surface area contributed by atoms with Crippen molar-refractivity contribution < 1.29 is 32.2 Å². The van der Waals surface area contributed by atoms with Crippen LogP contribution < -0.4 is 20.0 Å². The predicted octanol–water partition coefficient (Wildman–Crippen LogP) is 4.21. The van der Waals surface area contributed by atoms with Crippen molar-refractivity contribution in [1.82, 2.24) is 4.57 Å². The van der Waals surface area contributed by atoms with E-state index in [0.717, 1.165) is 22.5 Å². The zero-order valence-electron chi connectivity index (χ0n) is 19.0. The van der Waals surface area contributed by atoms with Crippen LogP contribution in [-0.4, -0.2) is 48.9 Å². The van der Waals surface area contributed by atoms with Crippen LogP contribution in [0.3, 0.4) is 0 Å². The minimum atomic E-state index is -4.99. The number of carboxylic acid groups (broad SMARTS) is 1. The van der Waals surface area contributed by atoms with E-state index in [4.69, 9.17) is 4.74 Å². The molecule has 1 aliphatic heterocycles. The Kier molecular flexibility index (Phi) is 6.35. The van der Waals surface area contributed by atoms with Crippen molar-refractivity contribution in [3.05, 3.63) is 63.7 Å². The average Bonchev–Trinajstić information content (AvgIpc) is 2.83. The average molecular weight is 493 g/mol. The highest BCUT2D eigenvalue weighted by molar-refractivity contribution is 5.95. The molecule has 0 aliphatic carbocycles. The van der Waals surface area contributed by atoms with E-state index in [9.17, 15) is 27.9 Å². The predicted molar refractivity (Wildman–Crippen MR) is 123 cm³/mol. The summed E-state index contributed by atoms with van der Waals surface area (Å²) < 4.78 is 64.7. The molecule has 0 unspecified atom stereocenters. The molecular weight excluding hydrogens is 470 g/mol. The molecule has 0 saturated carbocycles. The second-order valence-electron chi connectivity index (χ2n) is 8.11. The second kappa shape index (κ2) is 9.12. The van der Waals surface area contributed by atoms with Crippen molar-refractivity contribution in [3.8, 4) is 5.75 Å². The molecule has 11 heteroatoms. The topological polar surface area (TPSA) is 75.0 Å². The zero-order valence-corrected chi connectivity index (χ0v) is 19.0. The molecule has 2 aromatic carbocycles. The van der Waals surface area contributed by atoms with Gasteiger partial charge in [0.2, 0.25) is 5.43 Å². The van der Waals surface area contributed by atoms with E-state index in [2.05, 4.69) is 0 Å². The molecule has 1 aliphatic rings. The largest absolute Gasteiger partial charge is 0.497 e. The van der Waals surface area contributed by atoms with Crippen molar-refractivity contribution in [2.45, 2.75) is 19.6 Å². The second-order valence-corrected chi connectivity index (χ2v) is 8.11. The molecule has 0 bridgehead atoms. The van der Waals surface area contributed by atoms with Crippen LogP contribution in [0.4, 0.5) is 28.9 Å². The summed E-state index contributed by atoms with van der Waals surface area (Å²) in [5.41, 5.74) is -3.48. The van der Waals surface area contributed by atoms with E-state index in [1.807, 2.05) is 17.0 Å². The van der Waals surface area contributed by atoms with Gasteiger partial charge in [-0.05, 0) is 25.1 Å². The van der Waals surface area contributed by atoms with Crippen LogP contribution in [0.2, 0.25) is 0 Å². The summed E-state index contributed by atoms with van der Waals surface area (Å²) in [5, 5.41) is 8.69. The number of ether oxygens (including phenoxy) is 1. The lowest BCUT2D eigenvalue weighted by Crippen LogP contribution is -2.47. The highest BCUT2D eigenvalue weighted by atomic mass is 19.4. The van der Waals surface area contributed by atoms with Crippen LogP contribution in [0.25, 0.3) is 10.9 Å². The van der Waals surface area contributed by atoms with Gasteiger partial charge in [-0.25, -0.2) is 9.18 Å². The molecule has 1 aromatic heterocycles. The number of aromatic nitrogens is 1. The number of hydrogen-bond acceptors (Lipinski definition) is 5. The maximum atomic E-state index is 15.3. The monoisotopic (exact) mass is 493 g/mol. The van der Waals surface area contributed by atoms with E-state index in [-0.39, 0.29) is 19.6 Å². The normalized spacial score (nSPS) is 14.5. The smallest absolute Gasteiger partial charge is 0.420 e. The highest BCUT2D eigenvalue weighted by Crippen LogP contribution is 2.43. The first-order chi connectivity index (χ1) is 16.6. The van der Waals surface area contributed by atoms with E-state index in [0.29, 0.717) is 18.8 Å². The Hall–Kier alpha value is -3.76. The van der Waals surface area contributed by atoms with Crippen molar-refractivity contribution in [1.29, 1.82) is 0 Å². The Morgan fingerprint density at radius 3 is 2.34 bits per heavy atom. The lowest BCUT2D eigenvalue weighted by atomic mass is 10.0. The first kappa shape index (κ1) is 24.4. The summed E-state index contributed by atoms with van der Waals surface area (Å²) in [6.45, 7) is 2.35. The van der Waals surface area contributed by atoms with Gasteiger partial charge >= 0.3 is 12.1 Å². The van der Waals surface area contributed by atoms with Crippen LogP contribution >= 0.6 is 0 Å². The number of alkyl halides is 3.